The summed E-state index contributed by atoms with van der Waals surface area (Å²) in [5, 5.41) is 3.42. The summed E-state index contributed by atoms with van der Waals surface area (Å²) in [6.45, 7) is 5.17. The van der Waals surface area contributed by atoms with E-state index in [2.05, 4.69) is 19.2 Å². The van der Waals surface area contributed by atoms with Gasteiger partial charge < -0.3 is 5.32 Å². The number of benzene rings is 1. The van der Waals surface area contributed by atoms with Crippen molar-refractivity contribution in [3.05, 3.63) is 35.4 Å². The van der Waals surface area contributed by atoms with Crippen molar-refractivity contribution in [2.24, 2.45) is 5.41 Å². The monoisotopic (exact) mass is 271 g/mol. The molecule has 1 unspecified atom stereocenters. The van der Waals surface area contributed by atoms with Gasteiger partial charge in [-0.2, -0.15) is 13.2 Å². The molecular weight excluding hydrogens is 251 g/mol. The zero-order valence-corrected chi connectivity index (χ0v) is 11.3. The quantitative estimate of drug-likeness (QED) is 0.852. The number of hydrogen-bond acceptors (Lipinski definition) is 1. The highest BCUT2D eigenvalue weighted by Gasteiger charge is 2.46. The second kappa shape index (κ2) is 5.16. The predicted molar refractivity (Wildman–Crippen MR) is 70.0 cm³/mol. The molecule has 1 aromatic rings. The molecule has 1 fully saturated rings. The normalized spacial score (nSPS) is 19.2. The fourth-order valence-corrected chi connectivity index (χ4v) is 2.66. The highest BCUT2D eigenvalue weighted by Crippen LogP contribution is 2.51. The summed E-state index contributed by atoms with van der Waals surface area (Å²) in [5.41, 5.74) is 0.673. The van der Waals surface area contributed by atoms with Crippen LogP contribution in [0.2, 0.25) is 0 Å². The maximum atomic E-state index is 12.5. The molecule has 2 rings (SSSR count). The third-order valence-electron chi connectivity index (χ3n) is 4.16. The molecule has 19 heavy (non-hydrogen) atoms. The molecular formula is C15H20F3N. The van der Waals surface area contributed by atoms with E-state index in [-0.39, 0.29) is 5.41 Å². The van der Waals surface area contributed by atoms with Crippen molar-refractivity contribution in [2.75, 3.05) is 6.54 Å². The molecule has 0 bridgehead atoms. The Morgan fingerprint density at radius 2 is 1.79 bits per heavy atom. The fourth-order valence-electron chi connectivity index (χ4n) is 2.66. The van der Waals surface area contributed by atoms with Crippen LogP contribution in [0.15, 0.2) is 24.3 Å². The van der Waals surface area contributed by atoms with Gasteiger partial charge in [0.15, 0.2) is 0 Å². The van der Waals surface area contributed by atoms with E-state index in [0.29, 0.717) is 6.04 Å². The van der Waals surface area contributed by atoms with Gasteiger partial charge in [-0.3, -0.25) is 0 Å². The van der Waals surface area contributed by atoms with Crippen LogP contribution in [-0.4, -0.2) is 12.6 Å². The number of rotatable bonds is 5. The first-order chi connectivity index (χ1) is 8.87. The lowest BCUT2D eigenvalue weighted by atomic mass is 9.89. The SMILES string of the molecule is CCNC(C)C1(Cc2ccc(C(F)(F)F)cc2)CC1. The summed E-state index contributed by atoms with van der Waals surface area (Å²) in [4.78, 5) is 0. The first-order valence-corrected chi connectivity index (χ1v) is 6.77. The van der Waals surface area contributed by atoms with Crippen LogP contribution in [0.1, 0.15) is 37.8 Å². The minimum Gasteiger partial charge on any atom is -0.314 e. The largest absolute Gasteiger partial charge is 0.416 e. The number of hydrogen-bond donors (Lipinski definition) is 1. The van der Waals surface area contributed by atoms with Gasteiger partial charge in [-0.15, -0.1) is 0 Å². The standard InChI is InChI=1S/C15H20F3N/c1-3-19-11(2)14(8-9-14)10-12-4-6-13(7-5-12)15(16,17)18/h4-7,11,19H,3,8-10H2,1-2H3. The van der Waals surface area contributed by atoms with Crippen LogP contribution in [0.4, 0.5) is 13.2 Å². The first-order valence-electron chi connectivity index (χ1n) is 6.77. The highest BCUT2D eigenvalue weighted by molar-refractivity contribution is 5.26. The van der Waals surface area contributed by atoms with Crippen LogP contribution < -0.4 is 5.32 Å². The molecule has 0 saturated heterocycles. The molecule has 1 aliphatic rings. The van der Waals surface area contributed by atoms with Gasteiger partial charge in [0.1, 0.15) is 0 Å². The van der Waals surface area contributed by atoms with Gasteiger partial charge in [0.25, 0.3) is 0 Å². The summed E-state index contributed by atoms with van der Waals surface area (Å²) in [5.74, 6) is 0. The Morgan fingerprint density at radius 1 is 1.21 bits per heavy atom. The molecule has 1 aliphatic carbocycles. The summed E-state index contributed by atoms with van der Waals surface area (Å²) in [6.07, 6.45) is -1.07. The Labute approximate surface area is 112 Å². The summed E-state index contributed by atoms with van der Waals surface area (Å²) >= 11 is 0. The molecule has 0 aromatic heterocycles. The van der Waals surface area contributed by atoms with E-state index >= 15 is 0 Å². The molecule has 1 nitrogen and oxygen atoms in total. The Bertz CT molecular complexity index is 418. The van der Waals surface area contributed by atoms with E-state index in [1.165, 1.54) is 12.1 Å². The Morgan fingerprint density at radius 3 is 2.21 bits per heavy atom. The van der Waals surface area contributed by atoms with Crippen LogP contribution in [0.5, 0.6) is 0 Å². The van der Waals surface area contributed by atoms with Gasteiger partial charge in [-0.05, 0) is 55.8 Å². The van der Waals surface area contributed by atoms with E-state index in [0.717, 1.165) is 31.4 Å². The van der Waals surface area contributed by atoms with E-state index in [4.69, 9.17) is 0 Å². The van der Waals surface area contributed by atoms with Crippen LogP contribution in [0, 0.1) is 5.41 Å². The molecule has 1 atom stereocenters. The molecule has 106 valence electrons. The molecule has 4 heteroatoms. The summed E-state index contributed by atoms with van der Waals surface area (Å²) in [7, 11) is 0. The predicted octanol–water partition coefficient (Wildman–Crippen LogP) is 4.03. The van der Waals surface area contributed by atoms with Crippen molar-refractivity contribution >= 4 is 0 Å². The molecule has 1 aromatic carbocycles. The minimum atomic E-state index is -4.24. The van der Waals surface area contributed by atoms with Crippen LogP contribution in [0.25, 0.3) is 0 Å². The van der Waals surface area contributed by atoms with E-state index < -0.39 is 11.7 Å². The zero-order valence-electron chi connectivity index (χ0n) is 11.3. The van der Waals surface area contributed by atoms with E-state index in [1.807, 2.05) is 0 Å². The molecule has 0 amide bonds. The lowest BCUT2D eigenvalue weighted by Gasteiger charge is -2.24. The maximum Gasteiger partial charge on any atom is 0.416 e. The number of nitrogens with one attached hydrogen (secondary N) is 1. The Kier molecular flexibility index (Phi) is 3.90. The van der Waals surface area contributed by atoms with Crippen molar-refractivity contribution in [2.45, 2.75) is 45.3 Å². The van der Waals surface area contributed by atoms with Crippen LogP contribution >= 0.6 is 0 Å². The van der Waals surface area contributed by atoms with E-state index in [1.54, 1.807) is 12.1 Å². The third kappa shape index (κ3) is 3.30. The second-order valence-electron chi connectivity index (χ2n) is 5.51. The van der Waals surface area contributed by atoms with E-state index in [9.17, 15) is 13.2 Å². The van der Waals surface area contributed by atoms with Crippen molar-refractivity contribution in [1.29, 1.82) is 0 Å². The van der Waals surface area contributed by atoms with Crippen molar-refractivity contribution in [3.63, 3.8) is 0 Å². The molecule has 1 saturated carbocycles. The summed E-state index contributed by atoms with van der Waals surface area (Å²) in [6, 6.07) is 6.01. The molecule has 0 radical (unpaired) electrons. The van der Waals surface area contributed by atoms with Crippen molar-refractivity contribution in [3.8, 4) is 0 Å². The highest BCUT2D eigenvalue weighted by atomic mass is 19.4. The maximum absolute atomic E-state index is 12.5. The fraction of sp³-hybridized carbons (Fsp3) is 0.600. The van der Waals surface area contributed by atoms with Crippen LogP contribution in [-0.2, 0) is 12.6 Å². The molecule has 0 aliphatic heterocycles. The Hall–Kier alpha value is -1.03. The Balaban J connectivity index is 2.04. The number of halogens is 3. The first kappa shape index (κ1) is 14.4. The average Bonchev–Trinajstić information content (AvgIpc) is 3.10. The van der Waals surface area contributed by atoms with Gasteiger partial charge in [-0.25, -0.2) is 0 Å². The van der Waals surface area contributed by atoms with Crippen LogP contribution in [0.3, 0.4) is 0 Å². The van der Waals surface area contributed by atoms with Crippen molar-refractivity contribution < 1.29 is 13.2 Å². The number of alkyl halides is 3. The lowest BCUT2D eigenvalue weighted by Crippen LogP contribution is -2.35. The topological polar surface area (TPSA) is 12.0 Å². The zero-order chi connectivity index (χ0) is 14.1. The lowest BCUT2D eigenvalue weighted by molar-refractivity contribution is -0.137. The van der Waals surface area contributed by atoms with Gasteiger partial charge in [-0.1, -0.05) is 19.1 Å². The summed E-state index contributed by atoms with van der Waals surface area (Å²) < 4.78 is 37.5. The molecule has 0 spiro atoms. The van der Waals surface area contributed by atoms with Crippen molar-refractivity contribution in [1.82, 2.24) is 5.32 Å². The van der Waals surface area contributed by atoms with Gasteiger partial charge >= 0.3 is 6.18 Å². The third-order valence-corrected chi connectivity index (χ3v) is 4.16. The van der Waals surface area contributed by atoms with Gasteiger partial charge in [0, 0.05) is 6.04 Å². The molecule has 0 heterocycles. The average molecular weight is 271 g/mol. The van der Waals surface area contributed by atoms with Gasteiger partial charge in [0.2, 0.25) is 0 Å². The minimum absolute atomic E-state index is 0.246. The van der Waals surface area contributed by atoms with Gasteiger partial charge in [0.05, 0.1) is 5.56 Å². The smallest absolute Gasteiger partial charge is 0.314 e. The molecule has 1 N–H and O–H groups in total. The second-order valence-corrected chi connectivity index (χ2v) is 5.51.